The number of aromatic carboxylic acids is 1. The monoisotopic (exact) mass is 384 g/mol. The van der Waals surface area contributed by atoms with Crippen molar-refractivity contribution >= 4 is 17.8 Å². The van der Waals surface area contributed by atoms with Crippen molar-refractivity contribution in [2.45, 2.75) is 25.3 Å². The zero-order valence-corrected chi connectivity index (χ0v) is 15.2. The number of hydrogen-bond acceptors (Lipinski definition) is 3. The van der Waals surface area contributed by atoms with Gasteiger partial charge in [0, 0.05) is 19.1 Å². The van der Waals surface area contributed by atoms with Crippen molar-refractivity contribution in [1.29, 1.82) is 0 Å². The van der Waals surface area contributed by atoms with Gasteiger partial charge in [0.25, 0.3) is 5.91 Å². The Kier molecular flexibility index (Phi) is 6.03. The lowest BCUT2D eigenvalue weighted by molar-refractivity contribution is -0.131. The summed E-state index contributed by atoms with van der Waals surface area (Å²) in [5.74, 6) is -2.02. The van der Waals surface area contributed by atoms with Gasteiger partial charge in [-0.3, -0.25) is 9.59 Å². The molecule has 1 heterocycles. The van der Waals surface area contributed by atoms with E-state index in [2.05, 4.69) is 5.32 Å². The van der Waals surface area contributed by atoms with Gasteiger partial charge in [-0.25, -0.2) is 9.18 Å². The first-order chi connectivity index (χ1) is 13.4. The number of benzene rings is 2. The van der Waals surface area contributed by atoms with Crippen LogP contribution in [0.3, 0.4) is 0 Å². The van der Waals surface area contributed by atoms with Crippen molar-refractivity contribution in [1.82, 2.24) is 10.2 Å². The summed E-state index contributed by atoms with van der Waals surface area (Å²) in [4.78, 5) is 37.8. The summed E-state index contributed by atoms with van der Waals surface area (Å²) in [6, 6.07) is 11.9. The van der Waals surface area contributed by atoms with E-state index in [1.807, 2.05) is 0 Å². The second-order valence-electron chi connectivity index (χ2n) is 6.79. The van der Waals surface area contributed by atoms with Gasteiger partial charge in [0.15, 0.2) is 0 Å². The van der Waals surface area contributed by atoms with Gasteiger partial charge in [0.2, 0.25) is 5.91 Å². The number of likely N-dealkylation sites (tertiary alicyclic amines) is 1. The summed E-state index contributed by atoms with van der Waals surface area (Å²) >= 11 is 0. The molecule has 0 spiro atoms. The molecule has 7 heteroatoms. The fraction of sp³-hybridized carbons (Fsp3) is 0.286. The van der Waals surface area contributed by atoms with Crippen molar-refractivity contribution < 1.29 is 23.9 Å². The highest BCUT2D eigenvalue weighted by molar-refractivity contribution is 6.04. The van der Waals surface area contributed by atoms with Gasteiger partial charge in [-0.05, 0) is 42.7 Å². The van der Waals surface area contributed by atoms with Crippen molar-refractivity contribution in [3.63, 3.8) is 0 Å². The minimum atomic E-state index is -1.15. The Labute approximate surface area is 162 Å². The lowest BCUT2D eigenvalue weighted by Gasteiger charge is -2.32. The maximum absolute atomic E-state index is 13.2. The van der Waals surface area contributed by atoms with E-state index in [0.29, 0.717) is 31.5 Å². The number of hydrogen-bond donors (Lipinski definition) is 2. The average Bonchev–Trinajstić information content (AvgIpc) is 2.68. The molecule has 0 radical (unpaired) electrons. The molecule has 0 atom stereocenters. The van der Waals surface area contributed by atoms with E-state index in [1.54, 1.807) is 29.2 Å². The van der Waals surface area contributed by atoms with Crippen LogP contribution in [0.5, 0.6) is 0 Å². The molecular weight excluding hydrogens is 363 g/mol. The topological polar surface area (TPSA) is 86.7 Å². The molecule has 1 saturated heterocycles. The number of carbonyl (C=O) groups excluding carboxylic acids is 2. The third-order valence-electron chi connectivity index (χ3n) is 4.83. The number of amides is 2. The molecule has 0 saturated carbocycles. The van der Waals surface area contributed by atoms with Gasteiger partial charge in [-0.2, -0.15) is 0 Å². The molecule has 0 aliphatic carbocycles. The highest BCUT2D eigenvalue weighted by Gasteiger charge is 2.25. The summed E-state index contributed by atoms with van der Waals surface area (Å²) in [6.07, 6.45) is 1.30. The van der Waals surface area contributed by atoms with Crippen molar-refractivity contribution in [3.8, 4) is 0 Å². The summed E-state index contributed by atoms with van der Waals surface area (Å²) in [5, 5.41) is 12.1. The molecule has 2 amide bonds. The van der Waals surface area contributed by atoms with Crippen LogP contribution in [0.2, 0.25) is 0 Å². The van der Waals surface area contributed by atoms with Crippen LogP contribution < -0.4 is 5.32 Å². The van der Waals surface area contributed by atoms with E-state index in [4.69, 9.17) is 0 Å². The third kappa shape index (κ3) is 4.73. The molecule has 28 heavy (non-hydrogen) atoms. The number of halogens is 1. The standard InChI is InChI=1S/C21H21FN2O4/c22-15-5-3-4-14(12-15)13-19(25)24-10-8-16(9-11-24)23-20(26)17-6-1-2-7-18(17)21(27)28/h1-7,12,16H,8-11,13H2,(H,23,26)(H,27,28). The fourth-order valence-electron chi connectivity index (χ4n) is 3.34. The molecule has 0 aromatic heterocycles. The Morgan fingerprint density at radius 1 is 1.04 bits per heavy atom. The molecule has 0 bridgehead atoms. The average molecular weight is 384 g/mol. The number of carbonyl (C=O) groups is 3. The van der Waals surface area contributed by atoms with Crippen LogP contribution in [0.1, 0.15) is 39.1 Å². The van der Waals surface area contributed by atoms with Crippen LogP contribution in [0.25, 0.3) is 0 Å². The molecule has 0 unspecified atom stereocenters. The molecule has 1 aliphatic heterocycles. The zero-order valence-electron chi connectivity index (χ0n) is 15.2. The van der Waals surface area contributed by atoms with Crippen LogP contribution in [-0.4, -0.2) is 46.9 Å². The fourth-order valence-corrected chi connectivity index (χ4v) is 3.34. The Balaban J connectivity index is 1.53. The first kappa shape index (κ1) is 19.5. The Morgan fingerprint density at radius 2 is 1.71 bits per heavy atom. The van der Waals surface area contributed by atoms with Crippen molar-refractivity contribution in [2.24, 2.45) is 0 Å². The highest BCUT2D eigenvalue weighted by Crippen LogP contribution is 2.15. The number of nitrogens with one attached hydrogen (secondary N) is 1. The molecule has 2 aromatic rings. The number of rotatable bonds is 5. The first-order valence-electron chi connectivity index (χ1n) is 9.09. The van der Waals surface area contributed by atoms with E-state index in [1.165, 1.54) is 24.3 Å². The first-order valence-corrected chi connectivity index (χ1v) is 9.09. The van der Waals surface area contributed by atoms with Gasteiger partial charge in [0.1, 0.15) is 5.82 Å². The second-order valence-corrected chi connectivity index (χ2v) is 6.79. The van der Waals surface area contributed by atoms with Crippen LogP contribution >= 0.6 is 0 Å². The molecule has 3 rings (SSSR count). The van der Waals surface area contributed by atoms with E-state index < -0.39 is 11.9 Å². The summed E-state index contributed by atoms with van der Waals surface area (Å²) < 4.78 is 13.2. The summed E-state index contributed by atoms with van der Waals surface area (Å²) in [7, 11) is 0. The number of piperidine rings is 1. The zero-order chi connectivity index (χ0) is 20.1. The van der Waals surface area contributed by atoms with Crippen LogP contribution in [0.15, 0.2) is 48.5 Å². The Bertz CT molecular complexity index is 891. The minimum Gasteiger partial charge on any atom is -0.478 e. The van der Waals surface area contributed by atoms with Crippen LogP contribution in [0, 0.1) is 5.82 Å². The normalized spacial score (nSPS) is 14.5. The third-order valence-corrected chi connectivity index (χ3v) is 4.83. The minimum absolute atomic E-state index is 0.0392. The molecule has 6 nitrogen and oxygen atoms in total. The van der Waals surface area contributed by atoms with Gasteiger partial charge in [-0.1, -0.05) is 24.3 Å². The van der Waals surface area contributed by atoms with Crippen molar-refractivity contribution in [2.75, 3.05) is 13.1 Å². The lowest BCUT2D eigenvalue weighted by atomic mass is 10.0. The molecule has 1 aliphatic rings. The number of nitrogens with zero attached hydrogens (tertiary/aromatic N) is 1. The maximum atomic E-state index is 13.2. The van der Waals surface area contributed by atoms with Crippen molar-refractivity contribution in [3.05, 3.63) is 71.0 Å². The van der Waals surface area contributed by atoms with E-state index in [-0.39, 0.29) is 35.3 Å². The van der Waals surface area contributed by atoms with E-state index in [0.717, 1.165) is 0 Å². The molecule has 2 N–H and O–H groups in total. The van der Waals surface area contributed by atoms with Gasteiger partial charge in [-0.15, -0.1) is 0 Å². The Morgan fingerprint density at radius 3 is 2.36 bits per heavy atom. The van der Waals surface area contributed by atoms with E-state index in [9.17, 15) is 23.9 Å². The van der Waals surface area contributed by atoms with E-state index >= 15 is 0 Å². The largest absolute Gasteiger partial charge is 0.478 e. The van der Waals surface area contributed by atoms with Crippen LogP contribution in [0.4, 0.5) is 4.39 Å². The quantitative estimate of drug-likeness (QED) is 0.829. The molecule has 146 valence electrons. The van der Waals surface area contributed by atoms with Crippen LogP contribution in [-0.2, 0) is 11.2 Å². The SMILES string of the molecule is O=C(O)c1ccccc1C(=O)NC1CCN(C(=O)Cc2cccc(F)c2)CC1. The van der Waals surface area contributed by atoms with Gasteiger partial charge in [0.05, 0.1) is 17.5 Å². The molecule has 2 aromatic carbocycles. The molecular formula is C21H21FN2O4. The summed E-state index contributed by atoms with van der Waals surface area (Å²) in [5.41, 5.74) is 0.716. The van der Waals surface area contributed by atoms with Gasteiger partial charge >= 0.3 is 5.97 Å². The number of carboxylic acids is 1. The summed E-state index contributed by atoms with van der Waals surface area (Å²) in [6.45, 7) is 0.972. The van der Waals surface area contributed by atoms with Gasteiger partial charge < -0.3 is 15.3 Å². The lowest BCUT2D eigenvalue weighted by Crippen LogP contribution is -2.47. The predicted molar refractivity (Wildman–Crippen MR) is 101 cm³/mol. The smallest absolute Gasteiger partial charge is 0.336 e. The molecule has 1 fully saturated rings. The maximum Gasteiger partial charge on any atom is 0.336 e. The highest BCUT2D eigenvalue weighted by atomic mass is 19.1. The Hall–Kier alpha value is -3.22. The second kappa shape index (κ2) is 8.65. The predicted octanol–water partition coefficient (Wildman–Crippen LogP) is 2.49. The number of carboxylic acid groups (broad SMARTS) is 1.